The van der Waals surface area contributed by atoms with Gasteiger partial charge in [0.15, 0.2) is 0 Å². The van der Waals surface area contributed by atoms with E-state index in [1.54, 1.807) is 38.1 Å². The van der Waals surface area contributed by atoms with E-state index in [0.29, 0.717) is 11.1 Å². The molecule has 0 radical (unpaired) electrons. The summed E-state index contributed by atoms with van der Waals surface area (Å²) in [6.07, 6.45) is 0. The number of hydrogen-bond donors (Lipinski definition) is 2. The van der Waals surface area contributed by atoms with Crippen LogP contribution in [0.1, 0.15) is 29.8 Å². The Balaban J connectivity index is 2.85. The standard InChI is InChI=1S/C15H17NO4/c1-3-20-15(19)11(2)16-14(18)13-9-5-4-7-12(13)8-6-10-17/h4-5,7,9,11,17H,3,10H2,1-2H3,(H,16,18). The van der Waals surface area contributed by atoms with Crippen LogP contribution in [0.4, 0.5) is 0 Å². The van der Waals surface area contributed by atoms with Crippen LogP contribution in [0.15, 0.2) is 24.3 Å². The Morgan fingerprint density at radius 2 is 2.10 bits per heavy atom. The minimum Gasteiger partial charge on any atom is -0.464 e. The summed E-state index contributed by atoms with van der Waals surface area (Å²) < 4.78 is 4.82. The number of ether oxygens (including phenoxy) is 1. The van der Waals surface area contributed by atoms with Crippen molar-refractivity contribution in [3.8, 4) is 11.8 Å². The zero-order chi connectivity index (χ0) is 15.0. The van der Waals surface area contributed by atoms with E-state index in [1.807, 2.05) is 0 Å². The lowest BCUT2D eigenvalue weighted by Gasteiger charge is -2.13. The number of rotatable bonds is 4. The molecule has 5 nitrogen and oxygen atoms in total. The van der Waals surface area contributed by atoms with Crippen molar-refractivity contribution in [2.24, 2.45) is 0 Å². The molecule has 20 heavy (non-hydrogen) atoms. The van der Waals surface area contributed by atoms with Gasteiger partial charge in [-0.1, -0.05) is 24.0 Å². The van der Waals surface area contributed by atoms with Gasteiger partial charge in [-0.3, -0.25) is 4.79 Å². The summed E-state index contributed by atoms with van der Waals surface area (Å²) in [6, 6.07) is 5.99. The van der Waals surface area contributed by atoms with Gasteiger partial charge < -0.3 is 15.2 Å². The lowest BCUT2D eigenvalue weighted by Crippen LogP contribution is -2.39. The van der Waals surface area contributed by atoms with Crippen molar-refractivity contribution in [3.05, 3.63) is 35.4 Å². The van der Waals surface area contributed by atoms with E-state index in [9.17, 15) is 9.59 Å². The first-order valence-corrected chi connectivity index (χ1v) is 6.26. The number of amides is 1. The molecule has 0 saturated heterocycles. The molecule has 0 aliphatic rings. The van der Waals surface area contributed by atoms with Crippen molar-refractivity contribution in [2.45, 2.75) is 19.9 Å². The first kappa shape index (κ1) is 15.7. The number of aliphatic hydroxyl groups excluding tert-OH is 1. The highest BCUT2D eigenvalue weighted by Crippen LogP contribution is 2.07. The first-order chi connectivity index (χ1) is 9.60. The normalized spacial score (nSPS) is 10.9. The topological polar surface area (TPSA) is 75.6 Å². The molecule has 0 aliphatic heterocycles. The zero-order valence-electron chi connectivity index (χ0n) is 11.5. The third kappa shape index (κ3) is 4.41. The first-order valence-electron chi connectivity index (χ1n) is 6.26. The zero-order valence-corrected chi connectivity index (χ0v) is 11.5. The van der Waals surface area contributed by atoms with Gasteiger partial charge in [0, 0.05) is 5.56 Å². The lowest BCUT2D eigenvalue weighted by atomic mass is 10.1. The van der Waals surface area contributed by atoms with Crippen LogP contribution < -0.4 is 5.32 Å². The predicted octanol–water partition coefficient (Wildman–Crippen LogP) is 0.712. The average molecular weight is 275 g/mol. The van der Waals surface area contributed by atoms with Crippen molar-refractivity contribution in [1.82, 2.24) is 5.32 Å². The summed E-state index contributed by atoms with van der Waals surface area (Å²) in [5, 5.41) is 11.3. The molecule has 1 atom stereocenters. The summed E-state index contributed by atoms with van der Waals surface area (Å²) >= 11 is 0. The maximum atomic E-state index is 12.1. The summed E-state index contributed by atoms with van der Waals surface area (Å²) in [5.74, 6) is 4.29. The van der Waals surface area contributed by atoms with Crippen molar-refractivity contribution < 1.29 is 19.4 Å². The number of carbonyl (C=O) groups is 2. The molecular weight excluding hydrogens is 258 g/mol. The van der Waals surface area contributed by atoms with Gasteiger partial charge in [0.05, 0.1) is 12.2 Å². The van der Waals surface area contributed by atoms with Crippen LogP contribution in [0.2, 0.25) is 0 Å². The summed E-state index contributed by atoms with van der Waals surface area (Å²) in [4.78, 5) is 23.6. The predicted molar refractivity (Wildman–Crippen MR) is 74.0 cm³/mol. The van der Waals surface area contributed by atoms with E-state index in [1.165, 1.54) is 0 Å². The highest BCUT2D eigenvalue weighted by atomic mass is 16.5. The number of esters is 1. The van der Waals surface area contributed by atoms with Gasteiger partial charge >= 0.3 is 5.97 Å². The number of hydrogen-bond acceptors (Lipinski definition) is 4. The van der Waals surface area contributed by atoms with E-state index in [-0.39, 0.29) is 13.2 Å². The fourth-order valence-corrected chi connectivity index (χ4v) is 1.53. The molecule has 0 spiro atoms. The van der Waals surface area contributed by atoms with Gasteiger partial charge in [0.1, 0.15) is 12.6 Å². The molecule has 2 N–H and O–H groups in total. The highest BCUT2D eigenvalue weighted by molar-refractivity contribution is 5.98. The molecule has 1 aromatic rings. The Morgan fingerprint density at radius 1 is 1.40 bits per heavy atom. The second-order valence-electron chi connectivity index (χ2n) is 3.95. The van der Waals surface area contributed by atoms with Gasteiger partial charge in [-0.15, -0.1) is 0 Å². The largest absolute Gasteiger partial charge is 0.464 e. The number of nitrogens with one attached hydrogen (secondary N) is 1. The maximum absolute atomic E-state index is 12.1. The van der Waals surface area contributed by atoms with Crippen molar-refractivity contribution in [3.63, 3.8) is 0 Å². The Bertz CT molecular complexity index is 542. The molecular formula is C15H17NO4. The van der Waals surface area contributed by atoms with Crippen LogP contribution in [0.25, 0.3) is 0 Å². The number of benzene rings is 1. The average Bonchev–Trinajstić information content (AvgIpc) is 2.45. The molecule has 0 bridgehead atoms. The van der Waals surface area contributed by atoms with Gasteiger partial charge in [-0.2, -0.15) is 0 Å². The smallest absolute Gasteiger partial charge is 0.328 e. The Morgan fingerprint density at radius 3 is 2.75 bits per heavy atom. The van der Waals surface area contributed by atoms with E-state index in [0.717, 1.165) is 0 Å². The highest BCUT2D eigenvalue weighted by Gasteiger charge is 2.18. The monoisotopic (exact) mass is 275 g/mol. The van der Waals surface area contributed by atoms with E-state index >= 15 is 0 Å². The van der Waals surface area contributed by atoms with E-state index < -0.39 is 17.9 Å². The second kappa shape index (κ2) is 7.97. The fraction of sp³-hybridized carbons (Fsp3) is 0.333. The maximum Gasteiger partial charge on any atom is 0.328 e. The van der Waals surface area contributed by atoms with Crippen molar-refractivity contribution in [1.29, 1.82) is 0 Å². The minimum absolute atomic E-state index is 0.262. The van der Waals surface area contributed by atoms with E-state index in [2.05, 4.69) is 17.2 Å². The van der Waals surface area contributed by atoms with Gasteiger partial charge in [0.2, 0.25) is 0 Å². The van der Waals surface area contributed by atoms with Gasteiger partial charge in [-0.05, 0) is 26.0 Å². The number of carbonyl (C=O) groups excluding carboxylic acids is 2. The number of aliphatic hydroxyl groups is 1. The SMILES string of the molecule is CCOC(=O)C(C)NC(=O)c1ccccc1C#CCO. The molecule has 1 rings (SSSR count). The molecule has 0 heterocycles. The molecule has 0 saturated carbocycles. The summed E-state index contributed by atoms with van der Waals surface area (Å²) in [5.41, 5.74) is 0.847. The third-order valence-corrected chi connectivity index (χ3v) is 2.46. The van der Waals surface area contributed by atoms with Gasteiger partial charge in [-0.25, -0.2) is 4.79 Å². The molecule has 0 fully saturated rings. The molecule has 1 aromatic carbocycles. The van der Waals surface area contributed by atoms with Crippen LogP contribution in [-0.2, 0) is 9.53 Å². The Kier molecular flexibility index (Phi) is 6.27. The second-order valence-corrected chi connectivity index (χ2v) is 3.95. The summed E-state index contributed by atoms with van der Waals surface area (Å²) in [7, 11) is 0. The fourth-order valence-electron chi connectivity index (χ4n) is 1.53. The minimum atomic E-state index is -0.735. The molecule has 5 heteroatoms. The van der Waals surface area contributed by atoms with Crippen molar-refractivity contribution in [2.75, 3.05) is 13.2 Å². The molecule has 0 aliphatic carbocycles. The quantitative estimate of drug-likeness (QED) is 0.627. The van der Waals surface area contributed by atoms with Crippen molar-refractivity contribution >= 4 is 11.9 Å². The Hall–Kier alpha value is -2.32. The molecule has 0 aromatic heterocycles. The lowest BCUT2D eigenvalue weighted by molar-refractivity contribution is -0.144. The van der Waals surface area contributed by atoms with Crippen LogP contribution >= 0.6 is 0 Å². The molecule has 106 valence electrons. The van der Waals surface area contributed by atoms with Crippen LogP contribution in [-0.4, -0.2) is 36.2 Å². The third-order valence-electron chi connectivity index (χ3n) is 2.46. The molecule has 1 unspecified atom stereocenters. The van der Waals surface area contributed by atoms with Crippen LogP contribution in [0.5, 0.6) is 0 Å². The molecule has 1 amide bonds. The van der Waals surface area contributed by atoms with E-state index in [4.69, 9.17) is 9.84 Å². The van der Waals surface area contributed by atoms with Gasteiger partial charge in [0.25, 0.3) is 5.91 Å². The Labute approximate surface area is 117 Å². The van der Waals surface area contributed by atoms with Crippen LogP contribution in [0, 0.1) is 11.8 Å². The summed E-state index contributed by atoms with van der Waals surface area (Å²) in [6.45, 7) is 3.23. The van der Waals surface area contributed by atoms with Crippen LogP contribution in [0.3, 0.4) is 0 Å².